The minimum atomic E-state index is -1.51. The predicted octanol–water partition coefficient (Wildman–Crippen LogP) is 0.333. The first-order valence-electron chi connectivity index (χ1n) is 4.99. The first-order valence-corrected chi connectivity index (χ1v) is 8.39. The standard InChI is InChI=1S/C12H17O2Si.Li/c1-15(2,3)14-10-9-13-11-12-7-5-4-6-8-12;/h4-9H,11H2,1-3H3;/q-1;+1. The van der Waals surface area contributed by atoms with Gasteiger partial charge in [0.05, 0.1) is 0 Å². The Morgan fingerprint density at radius 2 is 1.81 bits per heavy atom. The van der Waals surface area contributed by atoms with Gasteiger partial charge in [-0.25, -0.2) is 0 Å². The van der Waals surface area contributed by atoms with Crippen molar-refractivity contribution in [3.05, 3.63) is 48.4 Å². The zero-order valence-corrected chi connectivity index (χ0v) is 11.5. The van der Waals surface area contributed by atoms with E-state index >= 15 is 0 Å². The molecule has 2 nitrogen and oxygen atoms in total. The molecule has 0 unspecified atom stereocenters. The summed E-state index contributed by atoms with van der Waals surface area (Å²) in [5, 5.41) is 0. The van der Waals surface area contributed by atoms with Crippen molar-refractivity contribution in [2.75, 3.05) is 0 Å². The molecule has 0 atom stereocenters. The molecule has 0 amide bonds. The van der Waals surface area contributed by atoms with E-state index in [1.54, 1.807) is 0 Å². The summed E-state index contributed by atoms with van der Waals surface area (Å²) < 4.78 is 10.7. The minimum Gasteiger partial charge on any atom is -0.742 e. The quantitative estimate of drug-likeness (QED) is 0.411. The van der Waals surface area contributed by atoms with Crippen LogP contribution in [0, 0.1) is 6.26 Å². The second-order valence-corrected chi connectivity index (χ2v) is 8.68. The molecule has 0 bridgehead atoms. The maximum Gasteiger partial charge on any atom is 1.00 e. The molecule has 0 aromatic heterocycles. The Bertz CT molecular complexity index is 307. The Kier molecular flexibility index (Phi) is 7.32. The minimum absolute atomic E-state index is 0. The van der Waals surface area contributed by atoms with Crippen molar-refractivity contribution in [2.45, 2.75) is 26.2 Å². The molecule has 4 heteroatoms. The van der Waals surface area contributed by atoms with Crippen molar-refractivity contribution in [1.29, 1.82) is 0 Å². The van der Waals surface area contributed by atoms with Crippen LogP contribution in [0.1, 0.15) is 5.56 Å². The fraction of sp³-hybridized carbons (Fsp3) is 0.333. The Balaban J connectivity index is 0.00000225. The van der Waals surface area contributed by atoms with Crippen molar-refractivity contribution in [3.8, 4) is 0 Å². The van der Waals surface area contributed by atoms with Crippen molar-refractivity contribution < 1.29 is 28.0 Å². The molecule has 1 aromatic carbocycles. The van der Waals surface area contributed by atoms with E-state index in [1.807, 2.05) is 30.3 Å². The molecule has 16 heavy (non-hydrogen) atoms. The number of ether oxygens (including phenoxy) is 1. The summed E-state index contributed by atoms with van der Waals surface area (Å²) in [5.41, 5.74) is 1.14. The van der Waals surface area contributed by atoms with E-state index in [1.165, 1.54) is 6.26 Å². The molecule has 82 valence electrons. The molecule has 0 aliphatic carbocycles. The summed E-state index contributed by atoms with van der Waals surface area (Å²) in [6.07, 6.45) is 4.20. The number of benzene rings is 1. The fourth-order valence-electron chi connectivity index (χ4n) is 0.947. The smallest absolute Gasteiger partial charge is 0.742 e. The average Bonchev–Trinajstić information content (AvgIpc) is 2.17. The van der Waals surface area contributed by atoms with Gasteiger partial charge in [-0.15, -0.1) is 0 Å². The monoisotopic (exact) mass is 228 g/mol. The second kappa shape index (κ2) is 7.62. The van der Waals surface area contributed by atoms with Crippen LogP contribution < -0.4 is 18.9 Å². The van der Waals surface area contributed by atoms with E-state index in [0.29, 0.717) is 6.61 Å². The topological polar surface area (TPSA) is 18.5 Å². The van der Waals surface area contributed by atoms with Crippen LogP contribution in [0.15, 0.2) is 36.6 Å². The van der Waals surface area contributed by atoms with E-state index in [4.69, 9.17) is 9.16 Å². The molecule has 0 aliphatic rings. The van der Waals surface area contributed by atoms with E-state index in [0.717, 1.165) is 5.56 Å². The maximum atomic E-state index is 5.38. The molecule has 0 heterocycles. The fourth-order valence-corrected chi connectivity index (χ4v) is 1.35. The average molecular weight is 228 g/mol. The van der Waals surface area contributed by atoms with Crippen LogP contribution >= 0.6 is 0 Å². The Morgan fingerprint density at radius 3 is 2.38 bits per heavy atom. The van der Waals surface area contributed by atoms with E-state index in [9.17, 15) is 0 Å². The van der Waals surface area contributed by atoms with Crippen LogP contribution in [0.25, 0.3) is 0 Å². The van der Waals surface area contributed by atoms with Gasteiger partial charge >= 0.3 is 18.9 Å². The van der Waals surface area contributed by atoms with Crippen LogP contribution in [-0.4, -0.2) is 8.32 Å². The van der Waals surface area contributed by atoms with Gasteiger partial charge in [0.2, 0.25) is 8.32 Å². The third kappa shape index (κ3) is 7.64. The molecule has 0 aliphatic heterocycles. The number of hydrogen-bond donors (Lipinski definition) is 0. The van der Waals surface area contributed by atoms with Gasteiger partial charge in [0.1, 0.15) is 6.61 Å². The normalized spacial score (nSPS) is 10.9. The second-order valence-electron chi connectivity index (χ2n) is 4.25. The van der Waals surface area contributed by atoms with Gasteiger partial charge in [-0.05, 0) is 25.2 Å². The van der Waals surface area contributed by atoms with Gasteiger partial charge in [-0.2, -0.15) is 0 Å². The summed E-state index contributed by atoms with van der Waals surface area (Å²) >= 11 is 0. The zero-order valence-electron chi connectivity index (χ0n) is 10.5. The van der Waals surface area contributed by atoms with Gasteiger partial charge in [-0.3, -0.25) is 6.26 Å². The van der Waals surface area contributed by atoms with Crippen LogP contribution in [-0.2, 0) is 15.8 Å². The van der Waals surface area contributed by atoms with E-state index < -0.39 is 8.32 Å². The summed E-state index contributed by atoms with van der Waals surface area (Å²) in [4.78, 5) is 0. The molecule has 0 radical (unpaired) electrons. The summed E-state index contributed by atoms with van der Waals surface area (Å²) in [5.74, 6) is 0. The van der Waals surface area contributed by atoms with Gasteiger partial charge in [0.15, 0.2) is 0 Å². The molecular formula is C12H17LiO2Si. The third-order valence-corrected chi connectivity index (χ3v) is 2.32. The van der Waals surface area contributed by atoms with Crippen molar-refractivity contribution in [3.63, 3.8) is 0 Å². The molecular weight excluding hydrogens is 211 g/mol. The van der Waals surface area contributed by atoms with Gasteiger partial charge in [0.25, 0.3) is 0 Å². The van der Waals surface area contributed by atoms with Crippen LogP contribution in [0.3, 0.4) is 0 Å². The molecule has 1 rings (SSSR count). The first-order chi connectivity index (χ1) is 7.08. The molecule has 0 N–H and O–H groups in total. The van der Waals surface area contributed by atoms with Gasteiger partial charge < -0.3 is 9.16 Å². The molecule has 0 saturated heterocycles. The first kappa shape index (κ1) is 15.4. The van der Waals surface area contributed by atoms with Gasteiger partial charge in [-0.1, -0.05) is 36.6 Å². The Labute approximate surface area is 111 Å². The molecule has 0 spiro atoms. The zero-order chi connectivity index (χ0) is 11.1. The predicted molar refractivity (Wildman–Crippen MR) is 63.5 cm³/mol. The van der Waals surface area contributed by atoms with Crippen molar-refractivity contribution in [1.82, 2.24) is 0 Å². The van der Waals surface area contributed by atoms with Crippen molar-refractivity contribution in [2.24, 2.45) is 0 Å². The molecule has 0 saturated carbocycles. The van der Waals surface area contributed by atoms with E-state index in [2.05, 4.69) is 25.9 Å². The largest absolute Gasteiger partial charge is 1.00 e. The third-order valence-electron chi connectivity index (χ3n) is 1.59. The maximum absolute atomic E-state index is 5.38. The van der Waals surface area contributed by atoms with Crippen LogP contribution in [0.5, 0.6) is 0 Å². The van der Waals surface area contributed by atoms with Crippen LogP contribution in [0.2, 0.25) is 19.6 Å². The number of hydrogen-bond acceptors (Lipinski definition) is 2. The molecule has 1 aromatic rings. The van der Waals surface area contributed by atoms with Crippen LogP contribution in [0.4, 0.5) is 0 Å². The molecule has 0 fully saturated rings. The van der Waals surface area contributed by atoms with E-state index in [-0.39, 0.29) is 18.9 Å². The summed E-state index contributed by atoms with van der Waals surface area (Å²) in [6.45, 7) is 6.87. The summed E-state index contributed by atoms with van der Waals surface area (Å²) in [6, 6.07) is 10.0. The van der Waals surface area contributed by atoms with Crippen molar-refractivity contribution >= 4 is 8.32 Å². The Hall–Kier alpha value is -0.626. The Morgan fingerprint density at radius 1 is 1.19 bits per heavy atom. The van der Waals surface area contributed by atoms with Gasteiger partial charge in [0, 0.05) is 0 Å². The summed E-state index contributed by atoms with van der Waals surface area (Å²) in [7, 11) is -1.51. The number of rotatable bonds is 5. The SMILES string of the molecule is C[Si](C)(C)O[C-]=COCc1ccccc1.[Li+].